The Hall–Kier alpha value is -2.67. The standard InChI is InChI=1S/C19H21N3O3S/c1-3-25-18(24)10-14-12-26-19(20-14)21-17(23)9-8-13-11-22(2)16-7-5-4-6-15(13)16/h4-7,11-12H,3,8-10H2,1-2H3,(H,20,21,23). The van der Waals surface area contributed by atoms with E-state index in [1.165, 1.54) is 16.7 Å². The maximum Gasteiger partial charge on any atom is 0.311 e. The van der Waals surface area contributed by atoms with E-state index in [-0.39, 0.29) is 18.3 Å². The molecule has 6 nitrogen and oxygen atoms in total. The van der Waals surface area contributed by atoms with Crippen LogP contribution in [0.25, 0.3) is 10.9 Å². The van der Waals surface area contributed by atoms with Gasteiger partial charge in [-0.25, -0.2) is 4.98 Å². The Morgan fingerprint density at radius 1 is 1.31 bits per heavy atom. The van der Waals surface area contributed by atoms with Gasteiger partial charge >= 0.3 is 5.97 Å². The fraction of sp³-hybridized carbons (Fsp3) is 0.316. The van der Waals surface area contributed by atoms with Crippen molar-refractivity contribution in [2.45, 2.75) is 26.2 Å². The number of thiazole rings is 1. The van der Waals surface area contributed by atoms with Crippen molar-refractivity contribution in [1.29, 1.82) is 0 Å². The molecule has 1 N–H and O–H groups in total. The lowest BCUT2D eigenvalue weighted by molar-refractivity contribution is -0.142. The average molecular weight is 371 g/mol. The summed E-state index contributed by atoms with van der Waals surface area (Å²) >= 11 is 1.31. The molecule has 0 aliphatic heterocycles. The van der Waals surface area contributed by atoms with Crippen LogP contribution in [0.15, 0.2) is 35.8 Å². The van der Waals surface area contributed by atoms with Gasteiger partial charge in [0.25, 0.3) is 0 Å². The molecule has 0 bridgehead atoms. The minimum absolute atomic E-state index is 0.0880. The number of amides is 1. The molecule has 2 aromatic heterocycles. The minimum Gasteiger partial charge on any atom is -0.466 e. The number of fused-ring (bicyclic) bond motifs is 1. The first-order chi connectivity index (χ1) is 12.6. The number of rotatable bonds is 7. The highest BCUT2D eigenvalue weighted by molar-refractivity contribution is 7.13. The Kier molecular flexibility index (Phi) is 5.68. The first-order valence-corrected chi connectivity index (χ1v) is 9.37. The largest absolute Gasteiger partial charge is 0.466 e. The monoisotopic (exact) mass is 371 g/mol. The number of carbonyl (C=O) groups excluding carboxylic acids is 2. The number of esters is 1. The van der Waals surface area contributed by atoms with Crippen LogP contribution in [0.5, 0.6) is 0 Å². The first kappa shape index (κ1) is 18.1. The first-order valence-electron chi connectivity index (χ1n) is 8.49. The third-order valence-electron chi connectivity index (χ3n) is 4.03. The van der Waals surface area contributed by atoms with Crippen LogP contribution in [0, 0.1) is 0 Å². The highest BCUT2D eigenvalue weighted by atomic mass is 32.1. The van der Waals surface area contributed by atoms with E-state index in [9.17, 15) is 9.59 Å². The van der Waals surface area contributed by atoms with Crippen LogP contribution in [-0.4, -0.2) is 28.0 Å². The number of nitrogens with one attached hydrogen (secondary N) is 1. The maximum atomic E-state index is 12.2. The van der Waals surface area contributed by atoms with E-state index >= 15 is 0 Å². The normalized spacial score (nSPS) is 10.8. The number of anilines is 1. The van der Waals surface area contributed by atoms with Gasteiger partial charge in [-0.1, -0.05) is 18.2 Å². The second kappa shape index (κ2) is 8.14. The number of aromatic nitrogens is 2. The van der Waals surface area contributed by atoms with Gasteiger partial charge in [-0.15, -0.1) is 11.3 Å². The molecular weight excluding hydrogens is 350 g/mol. The summed E-state index contributed by atoms with van der Waals surface area (Å²) < 4.78 is 6.97. The van der Waals surface area contributed by atoms with Crippen molar-refractivity contribution < 1.29 is 14.3 Å². The molecule has 1 aromatic carbocycles. The molecule has 3 rings (SSSR count). The molecule has 0 saturated carbocycles. The van der Waals surface area contributed by atoms with Crippen molar-refractivity contribution in [2.24, 2.45) is 7.05 Å². The van der Waals surface area contributed by atoms with E-state index < -0.39 is 0 Å². The van der Waals surface area contributed by atoms with Gasteiger partial charge in [0.05, 0.1) is 18.7 Å². The van der Waals surface area contributed by atoms with Gasteiger partial charge in [-0.05, 0) is 25.0 Å². The predicted octanol–water partition coefficient (Wildman–Crippen LogP) is 3.31. The van der Waals surface area contributed by atoms with Crippen molar-refractivity contribution >= 4 is 39.2 Å². The van der Waals surface area contributed by atoms with Crippen molar-refractivity contribution in [2.75, 3.05) is 11.9 Å². The van der Waals surface area contributed by atoms with E-state index in [0.29, 0.717) is 30.3 Å². The third kappa shape index (κ3) is 4.29. The Labute approximate surface area is 155 Å². The molecule has 1 amide bonds. The van der Waals surface area contributed by atoms with Gasteiger partial charge in [-0.2, -0.15) is 0 Å². The Balaban J connectivity index is 1.56. The predicted molar refractivity (Wildman–Crippen MR) is 102 cm³/mol. The third-order valence-corrected chi connectivity index (χ3v) is 4.84. The van der Waals surface area contributed by atoms with Gasteiger partial charge in [0.15, 0.2) is 5.13 Å². The molecule has 0 spiro atoms. The lowest BCUT2D eigenvalue weighted by Crippen LogP contribution is -2.12. The average Bonchev–Trinajstić information content (AvgIpc) is 3.18. The van der Waals surface area contributed by atoms with Crippen molar-refractivity contribution in [3.8, 4) is 0 Å². The quantitative estimate of drug-likeness (QED) is 0.647. The van der Waals surface area contributed by atoms with Gasteiger partial charge in [-0.3, -0.25) is 9.59 Å². The van der Waals surface area contributed by atoms with Crippen LogP contribution in [0.3, 0.4) is 0 Å². The molecule has 0 aliphatic carbocycles. The summed E-state index contributed by atoms with van der Waals surface area (Å²) in [6.07, 6.45) is 3.23. The van der Waals surface area contributed by atoms with E-state index in [1.54, 1.807) is 12.3 Å². The number of aryl methyl sites for hydroxylation is 2. The van der Waals surface area contributed by atoms with Crippen molar-refractivity contribution in [1.82, 2.24) is 9.55 Å². The molecule has 0 aliphatic rings. The number of nitrogens with zero attached hydrogens (tertiary/aromatic N) is 2. The summed E-state index contributed by atoms with van der Waals surface area (Å²) in [6, 6.07) is 8.16. The zero-order valence-corrected chi connectivity index (χ0v) is 15.6. The Morgan fingerprint density at radius 3 is 2.92 bits per heavy atom. The summed E-state index contributed by atoms with van der Waals surface area (Å²) in [6.45, 7) is 2.11. The maximum absolute atomic E-state index is 12.2. The Morgan fingerprint density at radius 2 is 2.12 bits per heavy atom. The molecule has 0 saturated heterocycles. The SMILES string of the molecule is CCOC(=O)Cc1csc(NC(=O)CCc2cn(C)c3ccccc23)n1. The summed E-state index contributed by atoms with van der Waals surface area (Å²) in [7, 11) is 2.01. The van der Waals surface area contributed by atoms with Crippen LogP contribution in [0.1, 0.15) is 24.6 Å². The Bertz CT molecular complexity index is 929. The molecule has 136 valence electrons. The van der Waals surface area contributed by atoms with E-state index in [4.69, 9.17) is 4.74 Å². The van der Waals surface area contributed by atoms with Crippen LogP contribution in [0.4, 0.5) is 5.13 Å². The molecule has 0 atom stereocenters. The second-order valence-electron chi connectivity index (χ2n) is 5.96. The second-order valence-corrected chi connectivity index (χ2v) is 6.81. The molecule has 3 aromatic rings. The molecule has 2 heterocycles. The summed E-state index contributed by atoms with van der Waals surface area (Å²) in [5.74, 6) is -0.401. The van der Waals surface area contributed by atoms with Crippen LogP contribution < -0.4 is 5.32 Å². The fourth-order valence-electron chi connectivity index (χ4n) is 2.86. The fourth-order valence-corrected chi connectivity index (χ4v) is 3.59. The van der Waals surface area contributed by atoms with Crippen molar-refractivity contribution in [3.63, 3.8) is 0 Å². The number of ether oxygens (including phenoxy) is 1. The van der Waals surface area contributed by atoms with Gasteiger partial charge in [0, 0.05) is 35.9 Å². The summed E-state index contributed by atoms with van der Waals surface area (Å²) in [4.78, 5) is 27.9. The van der Waals surface area contributed by atoms with E-state index in [0.717, 1.165) is 11.1 Å². The van der Waals surface area contributed by atoms with Crippen LogP contribution >= 0.6 is 11.3 Å². The zero-order valence-electron chi connectivity index (χ0n) is 14.8. The summed E-state index contributed by atoms with van der Waals surface area (Å²) in [5.41, 5.74) is 2.92. The number of para-hydroxylation sites is 1. The van der Waals surface area contributed by atoms with Crippen LogP contribution in [-0.2, 0) is 34.2 Å². The number of hydrogen-bond acceptors (Lipinski definition) is 5. The highest BCUT2D eigenvalue weighted by Crippen LogP contribution is 2.22. The number of benzene rings is 1. The van der Waals surface area contributed by atoms with Crippen molar-refractivity contribution in [3.05, 3.63) is 47.1 Å². The smallest absolute Gasteiger partial charge is 0.311 e. The van der Waals surface area contributed by atoms with Gasteiger partial charge in [0.1, 0.15) is 0 Å². The lowest BCUT2D eigenvalue weighted by atomic mass is 10.1. The molecular formula is C19H21N3O3S. The summed E-state index contributed by atoms with van der Waals surface area (Å²) in [5, 5.41) is 6.24. The molecule has 26 heavy (non-hydrogen) atoms. The topological polar surface area (TPSA) is 73.2 Å². The van der Waals surface area contributed by atoms with Gasteiger partial charge in [0.2, 0.25) is 5.91 Å². The van der Waals surface area contributed by atoms with Crippen LogP contribution in [0.2, 0.25) is 0 Å². The van der Waals surface area contributed by atoms with E-state index in [1.807, 2.05) is 19.2 Å². The molecule has 0 unspecified atom stereocenters. The zero-order chi connectivity index (χ0) is 18.5. The number of hydrogen-bond donors (Lipinski definition) is 1. The molecule has 0 fully saturated rings. The van der Waals surface area contributed by atoms with E-state index in [2.05, 4.69) is 33.2 Å². The van der Waals surface area contributed by atoms with Gasteiger partial charge < -0.3 is 14.6 Å². The lowest BCUT2D eigenvalue weighted by Gasteiger charge is -2.02. The molecule has 7 heteroatoms. The highest BCUT2D eigenvalue weighted by Gasteiger charge is 2.12. The minimum atomic E-state index is -0.313. The number of carbonyl (C=O) groups is 2. The molecule has 0 radical (unpaired) electrons.